The Balaban J connectivity index is 2.71. The van der Waals surface area contributed by atoms with Crippen LogP contribution in [0.3, 0.4) is 0 Å². The molecule has 1 aromatic carbocycles. The average Bonchev–Trinajstić information content (AvgIpc) is 2.30. The van der Waals surface area contributed by atoms with Gasteiger partial charge in [-0.05, 0) is 19.9 Å². The van der Waals surface area contributed by atoms with Gasteiger partial charge in [-0.2, -0.15) is 0 Å². The number of rotatable bonds is 7. The van der Waals surface area contributed by atoms with Crippen LogP contribution in [0.2, 0.25) is 0 Å². The number of hydrogen-bond donors (Lipinski definition) is 0. The summed E-state index contributed by atoms with van der Waals surface area (Å²) in [6.45, 7) is 8.82. The molecule has 0 saturated heterocycles. The van der Waals surface area contributed by atoms with Crippen LogP contribution in [0.1, 0.15) is 19.4 Å². The lowest BCUT2D eigenvalue weighted by Gasteiger charge is -2.17. The first kappa shape index (κ1) is 13.0. The average molecular weight is 238 g/mol. The Morgan fingerprint density at radius 1 is 1.19 bits per heavy atom. The normalized spacial score (nSPS) is 10.4. The van der Waals surface area contributed by atoms with E-state index in [9.17, 15) is 0 Å². The van der Waals surface area contributed by atoms with Gasteiger partial charge in [-0.25, -0.2) is 0 Å². The molecular formula is C12H18O3Si. The van der Waals surface area contributed by atoms with Crippen LogP contribution in [-0.2, 0) is 8.85 Å². The minimum Gasteiger partial charge on any atom is -0.502 e. The molecule has 3 nitrogen and oxygen atoms in total. The Morgan fingerprint density at radius 3 is 2.38 bits per heavy atom. The van der Waals surface area contributed by atoms with Crippen molar-refractivity contribution in [2.45, 2.75) is 13.8 Å². The molecule has 0 aliphatic rings. The lowest BCUT2D eigenvalue weighted by Crippen LogP contribution is -2.30. The third-order valence-electron chi connectivity index (χ3n) is 1.97. The molecule has 0 unspecified atom stereocenters. The second-order valence-corrected chi connectivity index (χ2v) is 4.54. The van der Waals surface area contributed by atoms with Crippen LogP contribution in [0.15, 0.2) is 30.8 Å². The Labute approximate surface area is 98.6 Å². The largest absolute Gasteiger partial charge is 0.549 e. The predicted octanol–water partition coefficient (Wildman–Crippen LogP) is 2.50. The van der Waals surface area contributed by atoms with Gasteiger partial charge >= 0.3 is 9.53 Å². The molecule has 4 heteroatoms. The Kier molecular flexibility index (Phi) is 5.85. The van der Waals surface area contributed by atoms with E-state index < -0.39 is 9.53 Å². The zero-order valence-corrected chi connectivity index (χ0v) is 11.0. The molecular weight excluding hydrogens is 220 g/mol. The van der Waals surface area contributed by atoms with Gasteiger partial charge < -0.3 is 13.3 Å². The van der Waals surface area contributed by atoms with Crippen molar-refractivity contribution < 1.29 is 13.3 Å². The van der Waals surface area contributed by atoms with E-state index in [1.807, 2.05) is 38.1 Å². The molecule has 0 atom stereocenters. The van der Waals surface area contributed by atoms with Gasteiger partial charge in [-0.3, -0.25) is 0 Å². The van der Waals surface area contributed by atoms with E-state index in [4.69, 9.17) is 13.3 Å². The van der Waals surface area contributed by atoms with E-state index >= 15 is 0 Å². The molecule has 0 radical (unpaired) electrons. The van der Waals surface area contributed by atoms with Gasteiger partial charge in [0.2, 0.25) is 0 Å². The molecule has 88 valence electrons. The van der Waals surface area contributed by atoms with Crippen molar-refractivity contribution in [2.75, 3.05) is 13.2 Å². The molecule has 0 spiro atoms. The van der Waals surface area contributed by atoms with Crippen molar-refractivity contribution in [1.82, 2.24) is 0 Å². The maximum atomic E-state index is 5.74. The number of para-hydroxylation sites is 1. The van der Waals surface area contributed by atoms with Crippen molar-refractivity contribution in [3.63, 3.8) is 0 Å². The molecule has 0 N–H and O–H groups in total. The first-order chi connectivity index (χ1) is 7.81. The van der Waals surface area contributed by atoms with Crippen LogP contribution in [0, 0.1) is 0 Å². The smallest absolute Gasteiger partial charge is 0.502 e. The summed E-state index contributed by atoms with van der Waals surface area (Å²) in [5, 5.41) is 0. The van der Waals surface area contributed by atoms with E-state index in [2.05, 4.69) is 6.58 Å². The monoisotopic (exact) mass is 238 g/mol. The second-order valence-electron chi connectivity index (χ2n) is 3.06. The quantitative estimate of drug-likeness (QED) is 0.683. The van der Waals surface area contributed by atoms with Gasteiger partial charge in [0.1, 0.15) is 5.75 Å². The van der Waals surface area contributed by atoms with Crippen molar-refractivity contribution in [1.29, 1.82) is 0 Å². The molecule has 0 amide bonds. The molecule has 0 aliphatic carbocycles. The zero-order valence-electron chi connectivity index (χ0n) is 9.81. The fourth-order valence-corrected chi connectivity index (χ4v) is 2.45. The van der Waals surface area contributed by atoms with Crippen LogP contribution < -0.4 is 4.43 Å². The van der Waals surface area contributed by atoms with E-state index in [0.717, 1.165) is 11.3 Å². The topological polar surface area (TPSA) is 27.7 Å². The maximum Gasteiger partial charge on any atom is 0.549 e. The van der Waals surface area contributed by atoms with Gasteiger partial charge in [-0.1, -0.05) is 30.9 Å². The highest BCUT2D eigenvalue weighted by molar-refractivity contribution is 6.37. The molecule has 0 aliphatic heterocycles. The van der Waals surface area contributed by atoms with Gasteiger partial charge in [0.05, 0.1) is 0 Å². The minimum absolute atomic E-state index is 0.604. The van der Waals surface area contributed by atoms with Crippen LogP contribution in [0.5, 0.6) is 5.75 Å². The third kappa shape index (κ3) is 3.81. The van der Waals surface area contributed by atoms with Gasteiger partial charge in [-0.15, -0.1) is 0 Å². The predicted molar refractivity (Wildman–Crippen MR) is 67.6 cm³/mol. The summed E-state index contributed by atoms with van der Waals surface area (Å²) in [6, 6.07) is 7.72. The summed E-state index contributed by atoms with van der Waals surface area (Å²) in [5.41, 5.74) is 0.958. The number of benzene rings is 1. The maximum absolute atomic E-state index is 5.74. The Hall–Kier alpha value is -1.10. The van der Waals surface area contributed by atoms with Crippen molar-refractivity contribution in [3.8, 4) is 5.75 Å². The summed E-state index contributed by atoms with van der Waals surface area (Å²) in [5.74, 6) is 0.774. The van der Waals surface area contributed by atoms with Crippen molar-refractivity contribution in [3.05, 3.63) is 36.4 Å². The molecule has 0 heterocycles. The highest BCUT2D eigenvalue weighted by Gasteiger charge is 2.16. The summed E-state index contributed by atoms with van der Waals surface area (Å²) in [6.07, 6.45) is 1.76. The molecule has 0 saturated carbocycles. The molecule has 0 bridgehead atoms. The highest BCUT2D eigenvalue weighted by Crippen LogP contribution is 2.19. The van der Waals surface area contributed by atoms with E-state index in [1.54, 1.807) is 6.08 Å². The van der Waals surface area contributed by atoms with Crippen molar-refractivity contribution in [2.24, 2.45) is 0 Å². The lowest BCUT2D eigenvalue weighted by atomic mass is 10.2. The molecule has 1 rings (SSSR count). The lowest BCUT2D eigenvalue weighted by molar-refractivity contribution is 0.153. The van der Waals surface area contributed by atoms with Crippen LogP contribution in [0.4, 0.5) is 0 Å². The molecule has 0 aromatic heterocycles. The molecule has 1 aromatic rings. The van der Waals surface area contributed by atoms with Gasteiger partial charge in [0, 0.05) is 18.8 Å². The highest BCUT2D eigenvalue weighted by atomic mass is 28.3. The minimum atomic E-state index is -2.05. The fourth-order valence-electron chi connectivity index (χ4n) is 1.25. The first-order valence-corrected chi connectivity index (χ1v) is 6.84. The summed E-state index contributed by atoms with van der Waals surface area (Å²) in [4.78, 5) is 0. The van der Waals surface area contributed by atoms with Gasteiger partial charge in [0.15, 0.2) is 0 Å². The zero-order chi connectivity index (χ0) is 11.8. The van der Waals surface area contributed by atoms with Crippen LogP contribution >= 0.6 is 0 Å². The second kappa shape index (κ2) is 7.22. The summed E-state index contributed by atoms with van der Waals surface area (Å²) < 4.78 is 16.6. The number of hydrogen-bond acceptors (Lipinski definition) is 3. The van der Waals surface area contributed by atoms with Gasteiger partial charge in [0.25, 0.3) is 0 Å². The van der Waals surface area contributed by atoms with Crippen LogP contribution in [0.25, 0.3) is 6.08 Å². The fraction of sp³-hybridized carbons (Fsp3) is 0.333. The molecule has 16 heavy (non-hydrogen) atoms. The van der Waals surface area contributed by atoms with Crippen molar-refractivity contribution >= 4 is 15.6 Å². The van der Waals surface area contributed by atoms with E-state index in [-0.39, 0.29) is 0 Å². The van der Waals surface area contributed by atoms with Crippen LogP contribution in [-0.4, -0.2) is 22.7 Å². The third-order valence-corrected chi connectivity index (χ3v) is 3.62. The first-order valence-electron chi connectivity index (χ1n) is 5.43. The Bertz CT molecular complexity index is 322. The summed E-state index contributed by atoms with van der Waals surface area (Å²) >= 11 is 0. The van der Waals surface area contributed by atoms with E-state index in [0.29, 0.717) is 13.2 Å². The molecule has 0 fully saturated rings. The van der Waals surface area contributed by atoms with E-state index in [1.165, 1.54) is 0 Å². The Morgan fingerprint density at radius 2 is 1.81 bits per heavy atom. The standard InChI is InChI=1S/C12H18O3Si/c1-4-11-9-7-8-10-12(11)15-16(13-5-2)14-6-3/h4,7-10,16H,1,5-6H2,2-3H3. The SMILES string of the molecule is C=Cc1ccccc1O[SiH](OCC)OCC. The summed E-state index contributed by atoms with van der Waals surface area (Å²) in [7, 11) is -2.05.